The molecule has 0 radical (unpaired) electrons. The van der Waals surface area contributed by atoms with Crippen LogP contribution < -0.4 is 5.32 Å². The van der Waals surface area contributed by atoms with E-state index in [9.17, 15) is 0 Å². The van der Waals surface area contributed by atoms with E-state index in [0.29, 0.717) is 0 Å². The van der Waals surface area contributed by atoms with Crippen LogP contribution in [0.25, 0.3) is 21.3 Å². The van der Waals surface area contributed by atoms with E-state index in [1.165, 1.54) is 22.3 Å². The highest BCUT2D eigenvalue weighted by atomic mass is 32.1. The zero-order valence-electron chi connectivity index (χ0n) is 13.6. The van der Waals surface area contributed by atoms with Crippen molar-refractivity contribution in [2.75, 3.05) is 5.32 Å². The Bertz CT molecular complexity index is 986. The van der Waals surface area contributed by atoms with Crippen molar-refractivity contribution in [3.8, 4) is 11.1 Å². The summed E-state index contributed by atoms with van der Waals surface area (Å²) >= 11 is 1.65. The van der Waals surface area contributed by atoms with Gasteiger partial charge in [0.25, 0.3) is 0 Å². The molecule has 0 fully saturated rings. The number of anilines is 2. The number of thiophene rings is 1. The molecule has 0 aliphatic carbocycles. The Morgan fingerprint density at radius 3 is 2.38 bits per heavy atom. The third kappa shape index (κ3) is 2.55. The Morgan fingerprint density at radius 1 is 0.875 bits per heavy atom. The summed E-state index contributed by atoms with van der Waals surface area (Å²) in [4.78, 5) is 9.97. The lowest BCUT2D eigenvalue weighted by molar-refractivity contribution is 1.22. The molecule has 0 unspecified atom stereocenters. The van der Waals surface area contributed by atoms with E-state index in [-0.39, 0.29) is 0 Å². The number of benzene rings is 2. The molecule has 0 bridgehead atoms. The third-order valence-electron chi connectivity index (χ3n) is 4.18. The quantitative estimate of drug-likeness (QED) is 0.522. The molecule has 2 heterocycles. The summed E-state index contributed by atoms with van der Waals surface area (Å²) in [6.07, 6.45) is 1.63. The fourth-order valence-electron chi connectivity index (χ4n) is 2.93. The van der Waals surface area contributed by atoms with Gasteiger partial charge in [-0.15, -0.1) is 11.3 Å². The molecule has 0 aliphatic rings. The topological polar surface area (TPSA) is 37.8 Å². The molecular formula is C20H17N3S. The van der Waals surface area contributed by atoms with Gasteiger partial charge in [0, 0.05) is 16.6 Å². The minimum atomic E-state index is 0.859. The van der Waals surface area contributed by atoms with Gasteiger partial charge in [-0.25, -0.2) is 9.97 Å². The first kappa shape index (κ1) is 14.8. The van der Waals surface area contributed by atoms with Gasteiger partial charge in [0.1, 0.15) is 17.0 Å². The summed E-state index contributed by atoms with van der Waals surface area (Å²) in [5.41, 5.74) is 5.88. The molecule has 0 spiro atoms. The Hall–Kier alpha value is -2.72. The summed E-state index contributed by atoms with van der Waals surface area (Å²) in [5.74, 6) is 0.859. The van der Waals surface area contributed by atoms with E-state index < -0.39 is 0 Å². The van der Waals surface area contributed by atoms with Gasteiger partial charge < -0.3 is 5.32 Å². The fourth-order valence-corrected chi connectivity index (χ4v) is 3.85. The maximum absolute atomic E-state index is 4.53. The number of aromatic nitrogens is 2. The maximum Gasteiger partial charge on any atom is 0.143 e. The second kappa shape index (κ2) is 6.06. The predicted molar refractivity (Wildman–Crippen MR) is 102 cm³/mol. The van der Waals surface area contributed by atoms with Gasteiger partial charge in [0.2, 0.25) is 0 Å². The van der Waals surface area contributed by atoms with Crippen molar-refractivity contribution in [2.24, 2.45) is 0 Å². The molecule has 118 valence electrons. The first-order chi connectivity index (χ1) is 11.7. The number of fused-ring (bicyclic) bond motifs is 1. The van der Waals surface area contributed by atoms with Crippen molar-refractivity contribution in [2.45, 2.75) is 13.8 Å². The van der Waals surface area contributed by atoms with Gasteiger partial charge in [-0.3, -0.25) is 0 Å². The molecule has 0 atom stereocenters. The fraction of sp³-hybridized carbons (Fsp3) is 0.100. The maximum atomic E-state index is 4.53. The standard InChI is InChI=1S/C20H17N3S/c1-13-7-6-8-14(2)18(13)23-19-17-16(15-9-4-3-5-10-15)11-24-20(17)22-12-21-19/h3-12H,1-2H3,(H,21,22,23). The van der Waals surface area contributed by atoms with Crippen LogP contribution in [0.4, 0.5) is 11.5 Å². The van der Waals surface area contributed by atoms with Gasteiger partial charge in [0.15, 0.2) is 0 Å². The van der Waals surface area contributed by atoms with Gasteiger partial charge in [-0.2, -0.15) is 0 Å². The van der Waals surface area contributed by atoms with Crippen molar-refractivity contribution in [1.29, 1.82) is 0 Å². The number of para-hydroxylation sites is 1. The van der Waals surface area contributed by atoms with Gasteiger partial charge in [-0.1, -0.05) is 48.5 Å². The van der Waals surface area contributed by atoms with Crippen LogP contribution in [0, 0.1) is 13.8 Å². The zero-order chi connectivity index (χ0) is 16.5. The van der Waals surface area contributed by atoms with Crippen LogP contribution in [-0.4, -0.2) is 9.97 Å². The van der Waals surface area contributed by atoms with Crippen molar-refractivity contribution >= 4 is 33.1 Å². The monoisotopic (exact) mass is 331 g/mol. The van der Waals surface area contributed by atoms with E-state index in [1.54, 1.807) is 17.7 Å². The van der Waals surface area contributed by atoms with Crippen molar-refractivity contribution in [3.63, 3.8) is 0 Å². The molecule has 4 rings (SSSR count). The van der Waals surface area contributed by atoms with Crippen LogP contribution in [0.2, 0.25) is 0 Å². The van der Waals surface area contributed by atoms with Gasteiger partial charge >= 0.3 is 0 Å². The van der Waals surface area contributed by atoms with E-state index in [1.807, 2.05) is 6.07 Å². The van der Waals surface area contributed by atoms with Gasteiger partial charge in [-0.05, 0) is 30.5 Å². The number of hydrogen-bond donors (Lipinski definition) is 1. The third-order valence-corrected chi connectivity index (χ3v) is 5.07. The number of aryl methyl sites for hydroxylation is 2. The minimum absolute atomic E-state index is 0.859. The summed E-state index contributed by atoms with van der Waals surface area (Å²) in [6.45, 7) is 4.22. The molecule has 0 aliphatic heterocycles. The molecule has 1 N–H and O–H groups in total. The second-order valence-electron chi connectivity index (χ2n) is 5.81. The number of hydrogen-bond acceptors (Lipinski definition) is 4. The van der Waals surface area contributed by atoms with Crippen LogP contribution in [0.3, 0.4) is 0 Å². The number of rotatable bonds is 3. The van der Waals surface area contributed by atoms with E-state index in [4.69, 9.17) is 0 Å². The average Bonchev–Trinajstić information content (AvgIpc) is 3.04. The largest absolute Gasteiger partial charge is 0.339 e. The molecule has 4 heteroatoms. The highest BCUT2D eigenvalue weighted by Crippen LogP contribution is 2.38. The SMILES string of the molecule is Cc1cccc(C)c1Nc1ncnc2scc(-c3ccccc3)c12. The first-order valence-corrected chi connectivity index (χ1v) is 8.73. The lowest BCUT2D eigenvalue weighted by Crippen LogP contribution is -1.99. The zero-order valence-corrected chi connectivity index (χ0v) is 14.4. The van der Waals surface area contributed by atoms with E-state index in [0.717, 1.165) is 21.7 Å². The Morgan fingerprint density at radius 2 is 1.62 bits per heavy atom. The number of nitrogens with one attached hydrogen (secondary N) is 1. The average molecular weight is 331 g/mol. The molecule has 0 saturated carbocycles. The lowest BCUT2D eigenvalue weighted by Gasteiger charge is -2.13. The van der Waals surface area contributed by atoms with Crippen molar-refractivity contribution in [1.82, 2.24) is 9.97 Å². The Kier molecular flexibility index (Phi) is 3.75. The molecule has 0 amide bonds. The minimum Gasteiger partial charge on any atom is -0.339 e. The lowest BCUT2D eigenvalue weighted by atomic mass is 10.1. The smallest absolute Gasteiger partial charge is 0.143 e. The molecule has 2 aromatic carbocycles. The molecule has 3 nitrogen and oxygen atoms in total. The highest BCUT2D eigenvalue weighted by Gasteiger charge is 2.14. The Balaban J connectivity index is 1.89. The summed E-state index contributed by atoms with van der Waals surface area (Å²) in [6, 6.07) is 16.7. The van der Waals surface area contributed by atoms with E-state index >= 15 is 0 Å². The number of nitrogens with zero attached hydrogens (tertiary/aromatic N) is 2. The molecule has 24 heavy (non-hydrogen) atoms. The van der Waals surface area contributed by atoms with Crippen LogP contribution in [0.15, 0.2) is 60.2 Å². The van der Waals surface area contributed by atoms with Crippen molar-refractivity contribution in [3.05, 3.63) is 71.4 Å². The molecular weight excluding hydrogens is 314 g/mol. The van der Waals surface area contributed by atoms with Crippen LogP contribution in [0.5, 0.6) is 0 Å². The molecule has 2 aromatic heterocycles. The Labute approximate surface area is 145 Å². The second-order valence-corrected chi connectivity index (χ2v) is 6.67. The molecule has 0 saturated heterocycles. The predicted octanol–water partition coefficient (Wildman–Crippen LogP) is 5.72. The van der Waals surface area contributed by atoms with Crippen LogP contribution in [-0.2, 0) is 0 Å². The van der Waals surface area contributed by atoms with E-state index in [2.05, 4.69) is 77.0 Å². The summed E-state index contributed by atoms with van der Waals surface area (Å²) in [5, 5.41) is 6.77. The van der Waals surface area contributed by atoms with Crippen molar-refractivity contribution < 1.29 is 0 Å². The van der Waals surface area contributed by atoms with Gasteiger partial charge in [0.05, 0.1) is 5.39 Å². The molecule has 4 aromatic rings. The highest BCUT2D eigenvalue weighted by molar-refractivity contribution is 7.17. The normalized spacial score (nSPS) is 10.9. The first-order valence-electron chi connectivity index (χ1n) is 7.85. The van der Waals surface area contributed by atoms with Crippen LogP contribution >= 0.6 is 11.3 Å². The van der Waals surface area contributed by atoms with Crippen LogP contribution in [0.1, 0.15) is 11.1 Å². The summed E-state index contributed by atoms with van der Waals surface area (Å²) in [7, 11) is 0. The summed E-state index contributed by atoms with van der Waals surface area (Å²) < 4.78 is 0.